The van der Waals surface area contributed by atoms with Gasteiger partial charge in [-0.2, -0.15) is 0 Å². The molecule has 3 aromatic rings. The molecule has 2 N–H and O–H groups in total. The van der Waals surface area contributed by atoms with E-state index in [-0.39, 0.29) is 11.8 Å². The second kappa shape index (κ2) is 11.8. The largest absolute Gasteiger partial charge is 0.506 e. The zero-order valence-electron chi connectivity index (χ0n) is 21.7. The van der Waals surface area contributed by atoms with E-state index in [0.29, 0.717) is 24.2 Å². The van der Waals surface area contributed by atoms with Crippen LogP contribution in [0.25, 0.3) is 11.3 Å². The summed E-state index contributed by atoms with van der Waals surface area (Å²) in [6.45, 7) is 7.03. The number of ether oxygens (including phenoxy) is 1. The standard InChI is InChI=1S/C29H35ClN4O3/c1-29(2,3)37-28(36)34-16-13-22(14-17-34)32-23-8-5-7-21(19-23)25-12-15-31-27(33-25)9-4-6-20-10-11-26(35)24(30)18-20/h5,7-8,10-12,15,18-19,22,32,35H,4,6,9,13-14,16-17H2,1-3H3. The molecule has 0 aliphatic carbocycles. The summed E-state index contributed by atoms with van der Waals surface area (Å²) in [6.07, 6.45) is 5.77. The lowest BCUT2D eigenvalue weighted by atomic mass is 10.0. The van der Waals surface area contributed by atoms with Gasteiger partial charge >= 0.3 is 6.09 Å². The first kappa shape index (κ1) is 26.7. The minimum Gasteiger partial charge on any atom is -0.506 e. The van der Waals surface area contributed by atoms with Crippen LogP contribution >= 0.6 is 11.6 Å². The predicted molar refractivity (Wildman–Crippen MR) is 147 cm³/mol. The molecule has 1 aliphatic heterocycles. The highest BCUT2D eigenvalue weighted by molar-refractivity contribution is 6.32. The van der Waals surface area contributed by atoms with Crippen molar-refractivity contribution >= 4 is 23.4 Å². The van der Waals surface area contributed by atoms with Crippen LogP contribution in [0.4, 0.5) is 10.5 Å². The number of hydrogen-bond donors (Lipinski definition) is 2. The van der Waals surface area contributed by atoms with E-state index in [1.807, 2.05) is 45.2 Å². The van der Waals surface area contributed by atoms with Crippen molar-refractivity contribution in [1.82, 2.24) is 14.9 Å². The number of piperidine rings is 1. The van der Waals surface area contributed by atoms with E-state index in [2.05, 4.69) is 28.5 Å². The number of hydrogen-bond acceptors (Lipinski definition) is 6. The Morgan fingerprint density at radius 2 is 1.92 bits per heavy atom. The molecule has 8 heteroatoms. The smallest absolute Gasteiger partial charge is 0.410 e. The van der Waals surface area contributed by atoms with Gasteiger partial charge in [0.1, 0.15) is 17.2 Å². The summed E-state index contributed by atoms with van der Waals surface area (Å²) in [6, 6.07) is 15.8. The van der Waals surface area contributed by atoms with Gasteiger partial charge in [0.25, 0.3) is 0 Å². The lowest BCUT2D eigenvalue weighted by Crippen LogP contribution is -2.44. The molecule has 0 spiro atoms. The summed E-state index contributed by atoms with van der Waals surface area (Å²) < 4.78 is 5.50. The van der Waals surface area contributed by atoms with Crippen LogP contribution in [0.2, 0.25) is 5.02 Å². The first-order valence-corrected chi connectivity index (χ1v) is 13.2. The van der Waals surface area contributed by atoms with Crippen molar-refractivity contribution in [2.45, 2.75) is 64.5 Å². The second-order valence-corrected chi connectivity index (χ2v) is 10.9. The summed E-state index contributed by atoms with van der Waals surface area (Å²) in [5.74, 6) is 0.902. The molecule has 7 nitrogen and oxygen atoms in total. The molecular formula is C29H35ClN4O3. The molecule has 0 unspecified atom stereocenters. The van der Waals surface area contributed by atoms with E-state index in [1.54, 1.807) is 17.0 Å². The van der Waals surface area contributed by atoms with Gasteiger partial charge in [0.15, 0.2) is 0 Å². The fraction of sp³-hybridized carbons (Fsp3) is 0.414. The number of aryl methyl sites for hydroxylation is 2. The number of carbonyl (C=O) groups excluding carboxylic acids is 1. The lowest BCUT2D eigenvalue weighted by molar-refractivity contribution is 0.0210. The second-order valence-electron chi connectivity index (χ2n) is 10.5. The van der Waals surface area contributed by atoms with Crippen molar-refractivity contribution < 1.29 is 14.6 Å². The van der Waals surface area contributed by atoms with E-state index < -0.39 is 5.60 Å². The number of rotatable bonds is 7. The molecule has 1 aliphatic rings. The number of nitrogens with zero attached hydrogens (tertiary/aromatic N) is 3. The van der Waals surface area contributed by atoms with Gasteiger partial charge in [-0.3, -0.25) is 0 Å². The Kier molecular flexibility index (Phi) is 8.54. The molecule has 4 rings (SSSR count). The van der Waals surface area contributed by atoms with Crippen LogP contribution in [0, 0.1) is 0 Å². The molecule has 0 atom stereocenters. The fourth-order valence-corrected chi connectivity index (χ4v) is 4.58. The Morgan fingerprint density at radius 1 is 1.14 bits per heavy atom. The number of nitrogens with one attached hydrogen (secondary N) is 1. The summed E-state index contributed by atoms with van der Waals surface area (Å²) in [5, 5.41) is 13.6. The summed E-state index contributed by atoms with van der Waals surface area (Å²) in [7, 11) is 0. The summed E-state index contributed by atoms with van der Waals surface area (Å²) in [5.41, 5.74) is 3.56. The minimum atomic E-state index is -0.478. The van der Waals surface area contributed by atoms with Gasteiger partial charge in [0, 0.05) is 43.0 Å². The van der Waals surface area contributed by atoms with Crippen LogP contribution in [0.15, 0.2) is 54.7 Å². The number of phenolic OH excluding ortho intramolecular Hbond substituents is 1. The van der Waals surface area contributed by atoms with Crippen LogP contribution in [0.5, 0.6) is 5.75 Å². The molecule has 2 aromatic carbocycles. The van der Waals surface area contributed by atoms with Crippen LogP contribution in [-0.4, -0.2) is 50.8 Å². The van der Waals surface area contributed by atoms with Gasteiger partial charge in [-0.05, 0) is 82.3 Å². The molecule has 2 heterocycles. The Labute approximate surface area is 223 Å². The molecule has 196 valence electrons. The Bertz CT molecular complexity index is 1220. The normalized spacial score (nSPS) is 14.4. The molecule has 1 aromatic heterocycles. The molecule has 1 fully saturated rings. The number of halogens is 1. The maximum atomic E-state index is 12.3. The zero-order valence-corrected chi connectivity index (χ0v) is 22.5. The zero-order chi connectivity index (χ0) is 26.4. The maximum Gasteiger partial charge on any atom is 0.410 e. The van der Waals surface area contributed by atoms with E-state index in [0.717, 1.165) is 60.4 Å². The first-order chi connectivity index (χ1) is 17.7. The third-order valence-corrected chi connectivity index (χ3v) is 6.56. The number of carbonyl (C=O) groups is 1. The fourth-order valence-electron chi connectivity index (χ4n) is 4.37. The highest BCUT2D eigenvalue weighted by Gasteiger charge is 2.26. The van der Waals surface area contributed by atoms with Gasteiger partial charge in [-0.25, -0.2) is 14.8 Å². The summed E-state index contributed by atoms with van der Waals surface area (Å²) in [4.78, 5) is 23.4. The van der Waals surface area contributed by atoms with Crippen LogP contribution in [-0.2, 0) is 17.6 Å². The van der Waals surface area contributed by atoms with Crippen molar-refractivity contribution in [3.05, 3.63) is 71.1 Å². The van der Waals surface area contributed by atoms with Crippen LogP contribution in [0.3, 0.4) is 0 Å². The number of phenols is 1. The summed E-state index contributed by atoms with van der Waals surface area (Å²) >= 11 is 6.01. The number of aromatic nitrogens is 2. The Balaban J connectivity index is 1.31. The van der Waals surface area contributed by atoms with Crippen molar-refractivity contribution in [2.75, 3.05) is 18.4 Å². The Morgan fingerprint density at radius 3 is 2.65 bits per heavy atom. The van der Waals surface area contributed by atoms with Gasteiger partial charge in [-0.15, -0.1) is 0 Å². The van der Waals surface area contributed by atoms with Crippen molar-refractivity contribution in [1.29, 1.82) is 0 Å². The average Bonchev–Trinajstić information content (AvgIpc) is 2.86. The van der Waals surface area contributed by atoms with E-state index in [4.69, 9.17) is 21.3 Å². The van der Waals surface area contributed by atoms with E-state index >= 15 is 0 Å². The average molecular weight is 523 g/mol. The van der Waals surface area contributed by atoms with Gasteiger partial charge in [0.05, 0.1) is 10.7 Å². The van der Waals surface area contributed by atoms with Crippen LogP contribution < -0.4 is 5.32 Å². The van der Waals surface area contributed by atoms with Crippen molar-refractivity contribution in [3.8, 4) is 17.0 Å². The third kappa shape index (κ3) is 7.83. The minimum absolute atomic E-state index is 0.101. The van der Waals surface area contributed by atoms with E-state index in [9.17, 15) is 9.90 Å². The molecule has 0 saturated carbocycles. The number of benzene rings is 2. The van der Waals surface area contributed by atoms with Gasteiger partial charge < -0.3 is 20.1 Å². The highest BCUT2D eigenvalue weighted by Crippen LogP contribution is 2.26. The molecule has 0 bridgehead atoms. The predicted octanol–water partition coefficient (Wildman–Crippen LogP) is 6.49. The maximum absolute atomic E-state index is 12.3. The van der Waals surface area contributed by atoms with Crippen molar-refractivity contribution in [3.63, 3.8) is 0 Å². The molecule has 0 radical (unpaired) electrons. The molecule has 37 heavy (non-hydrogen) atoms. The molecule has 1 amide bonds. The van der Waals surface area contributed by atoms with Gasteiger partial charge in [0.2, 0.25) is 0 Å². The Hall–Kier alpha value is -3.32. The first-order valence-electron chi connectivity index (χ1n) is 12.8. The topological polar surface area (TPSA) is 87.6 Å². The SMILES string of the molecule is CC(C)(C)OC(=O)N1CCC(Nc2cccc(-c3ccnc(CCCc4ccc(O)c(Cl)c4)n3)c2)CC1. The quantitative estimate of drug-likeness (QED) is 0.369. The van der Waals surface area contributed by atoms with Crippen molar-refractivity contribution in [2.24, 2.45) is 0 Å². The number of amides is 1. The molecular weight excluding hydrogens is 488 g/mol. The molecule has 1 saturated heterocycles. The van der Waals surface area contributed by atoms with Crippen LogP contribution in [0.1, 0.15) is 51.4 Å². The third-order valence-electron chi connectivity index (χ3n) is 6.26. The number of anilines is 1. The monoisotopic (exact) mass is 522 g/mol. The number of likely N-dealkylation sites (tertiary alicyclic amines) is 1. The van der Waals surface area contributed by atoms with E-state index in [1.165, 1.54) is 0 Å². The van der Waals surface area contributed by atoms with Gasteiger partial charge in [-0.1, -0.05) is 29.8 Å². The lowest BCUT2D eigenvalue weighted by Gasteiger charge is -2.34. The number of aromatic hydroxyl groups is 1. The highest BCUT2D eigenvalue weighted by atomic mass is 35.5.